The molecule has 11 nitrogen and oxygen atoms in total. The van der Waals surface area contributed by atoms with Crippen molar-refractivity contribution in [2.24, 2.45) is 0 Å². The number of benzene rings is 1. The number of fused-ring (bicyclic) bond motifs is 1. The van der Waals surface area contributed by atoms with Gasteiger partial charge in [-0.3, -0.25) is 4.79 Å². The molecule has 0 aliphatic carbocycles. The Morgan fingerprint density at radius 1 is 1.10 bits per heavy atom. The summed E-state index contributed by atoms with van der Waals surface area (Å²) in [6.07, 6.45) is 4.56. The van der Waals surface area contributed by atoms with Gasteiger partial charge in [-0.2, -0.15) is 0 Å². The lowest BCUT2D eigenvalue weighted by molar-refractivity contribution is -0.117. The first-order chi connectivity index (χ1) is 20.2. The molecule has 2 fully saturated rings. The first-order valence-electron chi connectivity index (χ1n) is 13.6. The van der Waals surface area contributed by atoms with E-state index < -0.39 is 0 Å². The lowest BCUT2D eigenvalue weighted by Crippen LogP contribution is -2.45. The standard InChI is InChI=1S/C29H34Cl2N6O5/c1-6-23(38)34-19-15-42-14-18(19)33-22-11-16-17(13-32-22)35-27(24-25(30)20(39-3)12-21(40-4)26(24)31)36-28(16)37-9-7-29(2,41-5)8-10-37/h6,11-13,18-19H,1,7-10,14-15H2,2-5H3,(H,32,33)(H,34,38)/t18-,19+/m1/s1. The minimum Gasteiger partial charge on any atom is -0.495 e. The van der Waals surface area contributed by atoms with E-state index in [0.29, 0.717) is 53.3 Å². The Morgan fingerprint density at radius 2 is 1.76 bits per heavy atom. The van der Waals surface area contributed by atoms with Gasteiger partial charge in [0.1, 0.15) is 23.1 Å². The summed E-state index contributed by atoms with van der Waals surface area (Å²) >= 11 is 13.5. The number of carbonyl (C=O) groups is 1. The van der Waals surface area contributed by atoms with Crippen molar-refractivity contribution in [3.05, 3.63) is 41.0 Å². The molecule has 0 saturated carbocycles. The highest BCUT2D eigenvalue weighted by molar-refractivity contribution is 6.41. The average molecular weight is 618 g/mol. The summed E-state index contributed by atoms with van der Waals surface area (Å²) < 4.78 is 22.4. The smallest absolute Gasteiger partial charge is 0.243 e. The molecular formula is C29H34Cl2N6O5. The van der Waals surface area contributed by atoms with E-state index in [9.17, 15) is 4.79 Å². The highest BCUT2D eigenvalue weighted by Crippen LogP contribution is 2.46. The summed E-state index contributed by atoms with van der Waals surface area (Å²) in [5, 5.41) is 7.66. The Bertz CT molecular complexity index is 1470. The molecule has 224 valence electrons. The van der Waals surface area contributed by atoms with Crippen LogP contribution in [0.4, 0.5) is 11.6 Å². The monoisotopic (exact) mass is 616 g/mol. The van der Waals surface area contributed by atoms with Crippen molar-refractivity contribution < 1.29 is 23.7 Å². The number of aromatic nitrogens is 3. The van der Waals surface area contributed by atoms with Crippen LogP contribution in [0.1, 0.15) is 19.8 Å². The first-order valence-corrected chi connectivity index (χ1v) is 14.3. The number of amides is 1. The third-order valence-electron chi connectivity index (χ3n) is 7.90. The van der Waals surface area contributed by atoms with Crippen LogP contribution >= 0.6 is 23.2 Å². The molecule has 2 saturated heterocycles. The van der Waals surface area contributed by atoms with E-state index in [-0.39, 0.29) is 33.6 Å². The summed E-state index contributed by atoms with van der Waals surface area (Å²) in [4.78, 5) is 28.6. The van der Waals surface area contributed by atoms with E-state index in [0.717, 1.165) is 31.3 Å². The molecule has 2 aliphatic rings. The van der Waals surface area contributed by atoms with Crippen LogP contribution in [-0.2, 0) is 14.3 Å². The van der Waals surface area contributed by atoms with E-state index in [2.05, 4.69) is 34.0 Å². The van der Waals surface area contributed by atoms with Gasteiger partial charge in [0.15, 0.2) is 5.82 Å². The molecule has 5 rings (SSSR count). The molecule has 1 aromatic carbocycles. The zero-order chi connectivity index (χ0) is 30.0. The molecule has 13 heteroatoms. The Labute approximate surface area is 254 Å². The van der Waals surface area contributed by atoms with Crippen molar-refractivity contribution in [3.63, 3.8) is 0 Å². The molecule has 2 aliphatic heterocycles. The van der Waals surface area contributed by atoms with Crippen LogP contribution < -0.4 is 25.0 Å². The molecule has 0 spiro atoms. The largest absolute Gasteiger partial charge is 0.495 e. The van der Waals surface area contributed by atoms with Gasteiger partial charge in [-0.1, -0.05) is 29.8 Å². The zero-order valence-electron chi connectivity index (χ0n) is 24.0. The molecule has 0 unspecified atom stereocenters. The third-order valence-corrected chi connectivity index (χ3v) is 8.65. The van der Waals surface area contributed by atoms with Crippen molar-refractivity contribution in [2.45, 2.75) is 37.5 Å². The van der Waals surface area contributed by atoms with E-state index in [1.807, 2.05) is 6.07 Å². The van der Waals surface area contributed by atoms with Gasteiger partial charge in [-0.15, -0.1) is 0 Å². The van der Waals surface area contributed by atoms with Crippen molar-refractivity contribution >= 4 is 51.6 Å². The van der Waals surface area contributed by atoms with Crippen LogP contribution in [0.25, 0.3) is 22.3 Å². The van der Waals surface area contributed by atoms with Gasteiger partial charge < -0.3 is 34.5 Å². The molecule has 3 aromatic rings. The molecule has 42 heavy (non-hydrogen) atoms. The maximum atomic E-state index is 11.9. The second kappa shape index (κ2) is 12.5. The number of rotatable bonds is 9. The number of pyridine rings is 1. The van der Waals surface area contributed by atoms with E-state index >= 15 is 0 Å². The van der Waals surface area contributed by atoms with Crippen molar-refractivity contribution in [3.8, 4) is 22.9 Å². The number of methoxy groups -OCH3 is 3. The first kappa shape index (κ1) is 30.1. The number of carbonyl (C=O) groups excluding carboxylic acids is 1. The second-order valence-electron chi connectivity index (χ2n) is 10.5. The van der Waals surface area contributed by atoms with Gasteiger partial charge in [-0.05, 0) is 31.9 Å². The minimum absolute atomic E-state index is 0.179. The van der Waals surface area contributed by atoms with Crippen molar-refractivity contribution in [2.75, 3.05) is 57.8 Å². The summed E-state index contributed by atoms with van der Waals surface area (Å²) in [7, 11) is 4.79. The SMILES string of the molecule is C=CC(=O)N[C@H]1COC[C@H]1Nc1cc2c(N3CCC(C)(OC)CC3)nc(-c3c(Cl)c(OC)cc(OC)c3Cl)nc2cn1. The van der Waals surface area contributed by atoms with E-state index in [1.165, 1.54) is 20.3 Å². The highest BCUT2D eigenvalue weighted by Gasteiger charge is 2.33. The van der Waals surface area contributed by atoms with Crippen LogP contribution in [0, 0.1) is 0 Å². The van der Waals surface area contributed by atoms with Gasteiger partial charge in [-0.25, -0.2) is 15.0 Å². The minimum atomic E-state index is -0.258. The van der Waals surface area contributed by atoms with Gasteiger partial charge >= 0.3 is 0 Å². The predicted octanol–water partition coefficient (Wildman–Crippen LogP) is 4.50. The van der Waals surface area contributed by atoms with Crippen molar-refractivity contribution in [1.82, 2.24) is 20.3 Å². The summed E-state index contributed by atoms with van der Waals surface area (Å²) in [5.74, 6) is 2.16. The normalized spacial score (nSPS) is 19.9. The number of nitrogens with one attached hydrogen (secondary N) is 2. The van der Waals surface area contributed by atoms with Crippen LogP contribution in [0.2, 0.25) is 10.0 Å². The third kappa shape index (κ3) is 5.92. The maximum absolute atomic E-state index is 11.9. The molecular weight excluding hydrogens is 583 g/mol. The van der Waals surface area contributed by atoms with Gasteiger partial charge in [0.05, 0.1) is 72.4 Å². The molecule has 4 heterocycles. The van der Waals surface area contributed by atoms with Crippen LogP contribution in [0.15, 0.2) is 31.0 Å². The number of ether oxygens (including phenoxy) is 4. The van der Waals surface area contributed by atoms with Crippen LogP contribution in [0.3, 0.4) is 0 Å². The number of halogens is 2. The quantitative estimate of drug-likeness (QED) is 0.332. The molecule has 0 radical (unpaired) electrons. The average Bonchev–Trinajstić information content (AvgIpc) is 3.43. The fourth-order valence-electron chi connectivity index (χ4n) is 5.20. The summed E-state index contributed by atoms with van der Waals surface area (Å²) in [5.41, 5.74) is 0.799. The number of nitrogens with zero attached hydrogens (tertiary/aromatic N) is 4. The topological polar surface area (TPSA) is 120 Å². The van der Waals surface area contributed by atoms with Crippen LogP contribution in [-0.4, -0.2) is 86.2 Å². The summed E-state index contributed by atoms with van der Waals surface area (Å²) in [6, 6.07) is 3.14. The Hall–Kier alpha value is -3.38. The summed E-state index contributed by atoms with van der Waals surface area (Å²) in [6.45, 7) is 7.89. The lowest BCUT2D eigenvalue weighted by atomic mass is 9.93. The molecule has 2 atom stereocenters. The Kier molecular flexibility index (Phi) is 8.93. The number of piperidine rings is 1. The molecule has 1 amide bonds. The highest BCUT2D eigenvalue weighted by atomic mass is 35.5. The second-order valence-corrected chi connectivity index (χ2v) is 11.2. The van der Waals surface area contributed by atoms with E-state index in [4.69, 9.17) is 52.1 Å². The number of hydrogen-bond acceptors (Lipinski definition) is 10. The zero-order valence-corrected chi connectivity index (χ0v) is 25.5. The predicted molar refractivity (Wildman–Crippen MR) is 163 cm³/mol. The van der Waals surface area contributed by atoms with Gasteiger partial charge in [0, 0.05) is 31.7 Å². The van der Waals surface area contributed by atoms with Gasteiger partial charge in [0.2, 0.25) is 5.91 Å². The van der Waals surface area contributed by atoms with E-state index in [1.54, 1.807) is 19.4 Å². The van der Waals surface area contributed by atoms with Gasteiger partial charge in [0.25, 0.3) is 0 Å². The fraction of sp³-hybridized carbons (Fsp3) is 0.448. The number of hydrogen-bond donors (Lipinski definition) is 2. The Morgan fingerprint density at radius 3 is 2.38 bits per heavy atom. The van der Waals surface area contributed by atoms with Crippen LogP contribution in [0.5, 0.6) is 11.5 Å². The number of anilines is 2. The maximum Gasteiger partial charge on any atom is 0.243 e. The molecule has 0 bridgehead atoms. The fourth-order valence-corrected chi connectivity index (χ4v) is 5.87. The van der Waals surface area contributed by atoms with Crippen molar-refractivity contribution in [1.29, 1.82) is 0 Å². The Balaban J connectivity index is 1.59. The molecule has 2 aromatic heterocycles. The molecule has 2 N–H and O–H groups in total. The lowest BCUT2D eigenvalue weighted by Gasteiger charge is -2.39.